The van der Waals surface area contributed by atoms with Crippen molar-refractivity contribution in [2.45, 2.75) is 37.4 Å². The van der Waals surface area contributed by atoms with Gasteiger partial charge >= 0.3 is 0 Å². The molecule has 2 atom stereocenters. The lowest BCUT2D eigenvalue weighted by Crippen LogP contribution is -2.57. The van der Waals surface area contributed by atoms with E-state index in [0.29, 0.717) is 23.7 Å². The van der Waals surface area contributed by atoms with Crippen LogP contribution in [0.1, 0.15) is 29.7 Å². The number of amides is 1. The molecular weight excluding hydrogens is 393 g/mol. The average molecular weight is 420 g/mol. The third-order valence-corrected chi connectivity index (χ3v) is 6.68. The van der Waals surface area contributed by atoms with Crippen molar-refractivity contribution in [2.75, 3.05) is 38.7 Å². The second-order valence-electron chi connectivity index (χ2n) is 7.67. The molecule has 1 amide bonds. The zero-order valence-corrected chi connectivity index (χ0v) is 17.3. The molecule has 1 aromatic heterocycles. The Labute approximate surface area is 174 Å². The number of ether oxygens (including phenoxy) is 2. The van der Waals surface area contributed by atoms with Crippen LogP contribution in [-0.2, 0) is 20.7 Å². The maximum atomic E-state index is 13.8. The van der Waals surface area contributed by atoms with Gasteiger partial charge in [0.05, 0.1) is 18.2 Å². The highest BCUT2D eigenvalue weighted by atomic mass is 32.1. The van der Waals surface area contributed by atoms with Crippen molar-refractivity contribution in [1.29, 1.82) is 0 Å². The Hall–Kier alpha value is -1.87. The molecule has 4 rings (SSSR count). The lowest BCUT2D eigenvalue weighted by molar-refractivity contribution is -0.145. The second-order valence-corrected chi connectivity index (χ2v) is 8.79. The van der Waals surface area contributed by atoms with Crippen LogP contribution in [0, 0.1) is 5.82 Å². The number of benzene rings is 1. The van der Waals surface area contributed by atoms with Gasteiger partial charge < -0.3 is 14.8 Å². The number of piperidine rings is 1. The van der Waals surface area contributed by atoms with E-state index >= 15 is 0 Å². The highest BCUT2D eigenvalue weighted by Gasteiger charge is 2.46. The molecule has 2 aliphatic rings. The number of rotatable bonds is 6. The number of halogens is 1. The van der Waals surface area contributed by atoms with Crippen LogP contribution in [0.5, 0.6) is 0 Å². The van der Waals surface area contributed by atoms with Crippen molar-refractivity contribution in [1.82, 2.24) is 9.88 Å². The van der Waals surface area contributed by atoms with E-state index in [2.05, 4.69) is 15.2 Å². The molecule has 2 fully saturated rings. The van der Waals surface area contributed by atoms with E-state index in [1.165, 1.54) is 17.4 Å². The lowest BCUT2D eigenvalue weighted by Gasteiger charge is -2.44. The van der Waals surface area contributed by atoms with Crippen LogP contribution < -0.4 is 5.32 Å². The van der Waals surface area contributed by atoms with Crippen molar-refractivity contribution < 1.29 is 18.7 Å². The fraction of sp³-hybridized carbons (Fsp3) is 0.524. The number of nitrogens with one attached hydrogen (secondary N) is 1. The molecule has 0 unspecified atom stereocenters. The van der Waals surface area contributed by atoms with Crippen molar-refractivity contribution >= 4 is 22.4 Å². The molecule has 156 valence electrons. The number of carbonyl (C=O) groups is 1. The summed E-state index contributed by atoms with van der Waals surface area (Å²) in [5, 5.41) is 3.40. The predicted molar refractivity (Wildman–Crippen MR) is 110 cm³/mol. The first-order valence-corrected chi connectivity index (χ1v) is 10.8. The van der Waals surface area contributed by atoms with Crippen LogP contribution >= 0.6 is 11.3 Å². The molecule has 2 aromatic rings. The summed E-state index contributed by atoms with van der Waals surface area (Å²) >= 11 is 1.37. The Bertz CT molecular complexity index is 853. The summed E-state index contributed by atoms with van der Waals surface area (Å²) in [4.78, 5) is 19.8. The van der Waals surface area contributed by atoms with E-state index in [0.717, 1.165) is 37.3 Å². The smallest absolute Gasteiger partial charge is 0.240 e. The van der Waals surface area contributed by atoms with Gasteiger partial charge in [0, 0.05) is 44.3 Å². The minimum Gasteiger partial charge on any atom is -0.377 e. The monoisotopic (exact) mass is 419 g/mol. The largest absolute Gasteiger partial charge is 0.377 e. The zero-order chi connectivity index (χ0) is 20.3. The zero-order valence-electron chi connectivity index (χ0n) is 16.5. The third-order valence-electron chi connectivity index (χ3n) is 5.77. The number of anilines is 1. The molecule has 0 radical (unpaired) electrons. The first-order chi connectivity index (χ1) is 14.1. The Morgan fingerprint density at radius 1 is 1.45 bits per heavy atom. The van der Waals surface area contributed by atoms with Gasteiger partial charge in [0.25, 0.3) is 0 Å². The summed E-state index contributed by atoms with van der Waals surface area (Å²) in [7, 11) is 1.71. The van der Waals surface area contributed by atoms with Crippen LogP contribution in [0.3, 0.4) is 0 Å². The number of carbonyl (C=O) groups excluding carboxylic acids is 1. The quantitative estimate of drug-likeness (QED) is 0.780. The van der Waals surface area contributed by atoms with Gasteiger partial charge in [-0.05, 0) is 30.9 Å². The van der Waals surface area contributed by atoms with Crippen molar-refractivity contribution in [2.24, 2.45) is 0 Å². The topological polar surface area (TPSA) is 63.7 Å². The molecule has 8 heteroatoms. The van der Waals surface area contributed by atoms with Gasteiger partial charge in [-0.1, -0.05) is 18.2 Å². The molecule has 1 N–H and O–H groups in total. The second kappa shape index (κ2) is 8.87. The summed E-state index contributed by atoms with van der Waals surface area (Å²) < 4.78 is 25.5. The van der Waals surface area contributed by atoms with E-state index in [1.807, 2.05) is 6.07 Å². The van der Waals surface area contributed by atoms with Crippen LogP contribution in [-0.4, -0.2) is 60.8 Å². The van der Waals surface area contributed by atoms with E-state index < -0.39 is 0 Å². The molecule has 1 spiro atoms. The number of nitrogens with zero attached hydrogens (tertiary/aromatic N) is 2. The Balaban J connectivity index is 1.30. The minimum absolute atomic E-state index is 0.0150. The number of methoxy groups -OCH3 is 1. The summed E-state index contributed by atoms with van der Waals surface area (Å²) in [6, 6.07) is 6.70. The van der Waals surface area contributed by atoms with Gasteiger partial charge in [-0.2, -0.15) is 0 Å². The number of hydrogen-bond donors (Lipinski definition) is 1. The minimum atomic E-state index is -0.228. The number of hydrogen-bond acceptors (Lipinski definition) is 6. The van der Waals surface area contributed by atoms with Gasteiger partial charge in [-0.25, -0.2) is 9.37 Å². The molecule has 0 saturated carbocycles. The van der Waals surface area contributed by atoms with Crippen LogP contribution in [0.2, 0.25) is 0 Å². The number of aromatic nitrogens is 1. The molecular formula is C21H26FN3O3S. The van der Waals surface area contributed by atoms with Crippen LogP contribution in [0.15, 0.2) is 30.5 Å². The molecule has 1 aromatic carbocycles. The predicted octanol–water partition coefficient (Wildman–Crippen LogP) is 3.08. The maximum Gasteiger partial charge on any atom is 0.240 e. The molecule has 0 aliphatic carbocycles. The fourth-order valence-corrected chi connectivity index (χ4v) is 5.09. The normalized spacial score (nSPS) is 24.8. The first-order valence-electron chi connectivity index (χ1n) is 9.95. The van der Waals surface area contributed by atoms with Crippen LogP contribution in [0.4, 0.5) is 9.52 Å². The summed E-state index contributed by atoms with van der Waals surface area (Å²) in [6.07, 6.45) is 5.11. The molecule has 29 heavy (non-hydrogen) atoms. The van der Waals surface area contributed by atoms with E-state index in [4.69, 9.17) is 9.47 Å². The molecule has 2 saturated heterocycles. The Morgan fingerprint density at radius 2 is 2.31 bits per heavy atom. The molecule has 2 aliphatic heterocycles. The van der Waals surface area contributed by atoms with E-state index in [-0.39, 0.29) is 30.0 Å². The summed E-state index contributed by atoms with van der Waals surface area (Å²) in [5.41, 5.74) is 0.439. The maximum absolute atomic E-state index is 13.8. The van der Waals surface area contributed by atoms with Gasteiger partial charge in [0.2, 0.25) is 5.91 Å². The first kappa shape index (κ1) is 20.4. The highest BCUT2D eigenvalue weighted by molar-refractivity contribution is 7.15. The third kappa shape index (κ3) is 4.66. The average Bonchev–Trinajstić information content (AvgIpc) is 3.35. The summed E-state index contributed by atoms with van der Waals surface area (Å²) in [6.45, 7) is 2.57. The lowest BCUT2D eigenvalue weighted by atomic mass is 9.86. The van der Waals surface area contributed by atoms with Crippen molar-refractivity contribution in [3.63, 3.8) is 0 Å². The van der Waals surface area contributed by atoms with Gasteiger partial charge in [-0.3, -0.25) is 9.69 Å². The summed E-state index contributed by atoms with van der Waals surface area (Å²) in [5.74, 6) is -0.330. The SMILES string of the molecule is CO[C@@H]1CN(CC(=O)Nc2ncc(Cc3ccccc3F)s2)CC[C@@]12CCCO2. The van der Waals surface area contributed by atoms with Crippen LogP contribution in [0.25, 0.3) is 0 Å². The van der Waals surface area contributed by atoms with E-state index in [9.17, 15) is 9.18 Å². The van der Waals surface area contributed by atoms with Crippen molar-refractivity contribution in [3.05, 3.63) is 46.7 Å². The standard InChI is InChI=1S/C21H26FN3O3S/c1-27-18-13-25(9-8-21(18)7-4-10-28-21)14-19(26)24-20-23-12-16(29-20)11-15-5-2-3-6-17(15)22/h2-3,5-6,12,18H,4,7-11,13-14H2,1H3,(H,23,24,26)/t18-,21+/m1/s1. The molecule has 3 heterocycles. The van der Waals surface area contributed by atoms with Gasteiger partial charge in [0.1, 0.15) is 5.82 Å². The molecule has 0 bridgehead atoms. The van der Waals surface area contributed by atoms with Crippen molar-refractivity contribution in [3.8, 4) is 0 Å². The Morgan fingerprint density at radius 3 is 3.07 bits per heavy atom. The van der Waals surface area contributed by atoms with Gasteiger partial charge in [-0.15, -0.1) is 11.3 Å². The number of likely N-dealkylation sites (tertiary alicyclic amines) is 1. The van der Waals surface area contributed by atoms with Gasteiger partial charge in [0.15, 0.2) is 5.13 Å². The van der Waals surface area contributed by atoms with E-state index in [1.54, 1.807) is 25.4 Å². The highest BCUT2D eigenvalue weighted by Crippen LogP contribution is 2.37. The fourth-order valence-electron chi connectivity index (χ4n) is 4.24. The number of thiazole rings is 1. The Kier molecular flexibility index (Phi) is 6.24. The molecule has 6 nitrogen and oxygen atoms in total.